The number of hydrogen-bond acceptors (Lipinski definition) is 8. The molecule has 4 heterocycles. The Balaban J connectivity index is 1.16. The van der Waals surface area contributed by atoms with Crippen LogP contribution in [0.1, 0.15) is 23.5 Å². The van der Waals surface area contributed by atoms with Crippen molar-refractivity contribution in [2.24, 2.45) is 5.92 Å². The third-order valence-corrected chi connectivity index (χ3v) is 7.04. The number of nitrogens with zero attached hydrogens (tertiary/aromatic N) is 5. The number of hydrogen-bond donors (Lipinski definition) is 2. The minimum Gasteiger partial charge on any atom is -0.391 e. The van der Waals surface area contributed by atoms with Crippen molar-refractivity contribution < 1.29 is 14.3 Å². The lowest BCUT2D eigenvalue weighted by Crippen LogP contribution is -2.31. The Morgan fingerprint density at radius 3 is 2.89 bits per heavy atom. The molecule has 0 radical (unpaired) electrons. The summed E-state index contributed by atoms with van der Waals surface area (Å²) in [5.41, 5.74) is 2.38. The van der Waals surface area contributed by atoms with Crippen LogP contribution in [0.2, 0.25) is 5.15 Å². The van der Waals surface area contributed by atoms with Gasteiger partial charge in [-0.05, 0) is 12.5 Å². The number of fused-ring (bicyclic) bond motifs is 2. The van der Waals surface area contributed by atoms with Crippen molar-refractivity contribution in [2.45, 2.75) is 38.5 Å². The van der Waals surface area contributed by atoms with Gasteiger partial charge in [-0.25, -0.2) is 14.4 Å². The van der Waals surface area contributed by atoms with Crippen LogP contribution < -0.4 is 10.9 Å². The van der Waals surface area contributed by atoms with Crippen molar-refractivity contribution in [3.8, 4) is 0 Å². The number of aliphatic hydroxyl groups excluding tert-OH is 1. The maximum atomic E-state index is 13.7. The van der Waals surface area contributed by atoms with E-state index in [1.165, 1.54) is 16.7 Å². The molecule has 1 aliphatic heterocycles. The molecule has 1 fully saturated rings. The third kappa shape index (κ3) is 5.25. The second kappa shape index (κ2) is 10.1. The first-order valence-corrected chi connectivity index (χ1v) is 12.1. The lowest BCUT2D eigenvalue weighted by molar-refractivity contribution is -0.118. The largest absolute Gasteiger partial charge is 0.391 e. The van der Waals surface area contributed by atoms with Crippen LogP contribution in [-0.2, 0) is 30.7 Å². The molecule has 2 atom stereocenters. The lowest BCUT2D eigenvalue weighted by atomic mass is 9.96. The van der Waals surface area contributed by atoms with E-state index < -0.39 is 11.9 Å². The van der Waals surface area contributed by atoms with Crippen LogP contribution in [0.3, 0.4) is 0 Å². The Kier molecular flexibility index (Phi) is 6.88. The molecule has 184 valence electrons. The number of pyridine rings is 2. The number of aromatic nitrogens is 4. The number of rotatable bonds is 7. The molecule has 3 aromatic heterocycles. The minimum atomic E-state index is -0.517. The fourth-order valence-corrected chi connectivity index (χ4v) is 5.17. The van der Waals surface area contributed by atoms with Gasteiger partial charge in [0.2, 0.25) is 0 Å². The monoisotopic (exact) mass is 500 g/mol. The van der Waals surface area contributed by atoms with E-state index in [2.05, 4.69) is 25.2 Å². The molecular formula is C24H26ClFN6O3. The van der Waals surface area contributed by atoms with E-state index in [0.29, 0.717) is 86.2 Å². The Labute approximate surface area is 206 Å². The maximum absolute atomic E-state index is 13.7. The predicted molar refractivity (Wildman–Crippen MR) is 128 cm³/mol. The zero-order valence-electron chi connectivity index (χ0n) is 19.1. The highest BCUT2D eigenvalue weighted by Gasteiger charge is 2.31. The van der Waals surface area contributed by atoms with E-state index in [-0.39, 0.29) is 17.3 Å². The van der Waals surface area contributed by atoms with Gasteiger partial charge in [-0.3, -0.25) is 19.5 Å². The summed E-state index contributed by atoms with van der Waals surface area (Å²) in [4.78, 5) is 39.1. The smallest absolute Gasteiger partial charge is 0.251 e. The fourth-order valence-electron chi connectivity index (χ4n) is 4.87. The van der Waals surface area contributed by atoms with Gasteiger partial charge in [0.15, 0.2) is 0 Å². The zero-order valence-corrected chi connectivity index (χ0v) is 19.8. The summed E-state index contributed by atoms with van der Waals surface area (Å²) >= 11 is 6.30. The number of carbonyl (C=O) groups is 1. The van der Waals surface area contributed by atoms with Gasteiger partial charge in [0.25, 0.3) is 5.56 Å². The van der Waals surface area contributed by atoms with Gasteiger partial charge in [0.1, 0.15) is 22.6 Å². The summed E-state index contributed by atoms with van der Waals surface area (Å²) in [6.07, 6.45) is 1.97. The summed E-state index contributed by atoms with van der Waals surface area (Å²) in [5, 5.41) is 14.2. The topological polar surface area (TPSA) is 113 Å². The van der Waals surface area contributed by atoms with Crippen molar-refractivity contribution in [2.75, 3.05) is 26.2 Å². The second-order valence-electron chi connectivity index (χ2n) is 9.17. The molecule has 0 spiro atoms. The maximum Gasteiger partial charge on any atom is 0.251 e. The third-order valence-electron chi connectivity index (χ3n) is 6.72. The van der Waals surface area contributed by atoms with Crippen LogP contribution in [0.25, 0.3) is 11.0 Å². The first-order valence-electron chi connectivity index (χ1n) is 11.7. The van der Waals surface area contributed by atoms with Crippen LogP contribution in [0, 0.1) is 11.7 Å². The molecule has 0 saturated carbocycles. The highest BCUT2D eigenvalue weighted by molar-refractivity contribution is 6.30. The minimum absolute atomic E-state index is 0.00646. The molecule has 1 saturated heterocycles. The molecule has 1 aliphatic carbocycles. The van der Waals surface area contributed by atoms with E-state index in [1.807, 2.05) is 0 Å². The summed E-state index contributed by atoms with van der Waals surface area (Å²) < 4.78 is 15.2. The van der Waals surface area contributed by atoms with Gasteiger partial charge in [0.05, 0.1) is 35.6 Å². The predicted octanol–water partition coefficient (Wildman–Crippen LogP) is 1.12. The van der Waals surface area contributed by atoms with E-state index in [4.69, 9.17) is 11.6 Å². The van der Waals surface area contributed by atoms with Crippen LogP contribution in [0.15, 0.2) is 29.2 Å². The highest BCUT2D eigenvalue weighted by atomic mass is 35.5. The van der Waals surface area contributed by atoms with E-state index in [0.717, 1.165) is 11.8 Å². The van der Waals surface area contributed by atoms with Crippen molar-refractivity contribution in [3.05, 3.63) is 62.8 Å². The Hall–Kier alpha value is -2.79. The number of nitrogens with one attached hydrogen (secondary N) is 1. The first-order chi connectivity index (χ1) is 16.9. The fraction of sp³-hybridized carbons (Fsp3) is 0.458. The molecule has 2 aliphatic rings. The molecule has 5 rings (SSSR count). The van der Waals surface area contributed by atoms with E-state index >= 15 is 0 Å². The number of carbonyl (C=O) groups excluding carboxylic acids is 1. The van der Waals surface area contributed by atoms with Gasteiger partial charge in [-0.2, -0.15) is 0 Å². The second-order valence-corrected chi connectivity index (χ2v) is 9.53. The van der Waals surface area contributed by atoms with E-state index in [9.17, 15) is 19.1 Å². The Morgan fingerprint density at radius 2 is 2.03 bits per heavy atom. The van der Waals surface area contributed by atoms with Crippen LogP contribution in [-0.4, -0.2) is 67.6 Å². The number of β-amino-alcohol motifs (C(OH)–C–C–N with tert-alkyl or cyclic N) is 1. The number of halogens is 2. The molecule has 0 bridgehead atoms. The average Bonchev–Trinajstić information content (AvgIpc) is 3.17. The number of aliphatic hydroxyl groups is 1. The molecule has 0 amide bonds. The first kappa shape index (κ1) is 23.9. The molecular weight excluding hydrogens is 475 g/mol. The molecule has 0 aromatic carbocycles. The van der Waals surface area contributed by atoms with Crippen LogP contribution >= 0.6 is 11.6 Å². The van der Waals surface area contributed by atoms with Crippen LogP contribution in [0.5, 0.6) is 0 Å². The normalized spacial score (nSPS) is 20.5. The summed E-state index contributed by atoms with van der Waals surface area (Å²) in [6, 6.07) is 4.34. The standard InChI is InChI=1S/C24H26ClFN6O3/c25-24-17-2-1-16(33)8-19(17)29-22(30-24)11-27-9-14-12-31(13-21(14)34)5-6-32-20-7-15(26)10-28-18(20)3-4-23(32)35/h3-4,7,10,14,21,27,34H,1-2,5-6,8-9,11-13H2/t14-,21+/m0/s1. The number of Topliss-reactive ketones (excluding diaryl/α,β-unsaturated/α-hetero) is 1. The van der Waals surface area contributed by atoms with Crippen LogP contribution in [0.4, 0.5) is 4.39 Å². The molecule has 2 N–H and O–H groups in total. The van der Waals surface area contributed by atoms with Crippen molar-refractivity contribution in [3.63, 3.8) is 0 Å². The van der Waals surface area contributed by atoms with Crippen molar-refractivity contribution in [1.82, 2.24) is 29.7 Å². The van der Waals surface area contributed by atoms with Gasteiger partial charge < -0.3 is 15.0 Å². The van der Waals surface area contributed by atoms with E-state index in [1.54, 1.807) is 6.07 Å². The van der Waals surface area contributed by atoms with Crippen molar-refractivity contribution >= 4 is 28.4 Å². The SMILES string of the molecule is O=C1CCc2c(Cl)nc(CNC[C@H]3CN(CCn4c(=O)ccc5ncc(F)cc54)C[C@H]3O)nc2C1. The molecule has 35 heavy (non-hydrogen) atoms. The van der Waals surface area contributed by atoms with Gasteiger partial charge in [-0.1, -0.05) is 11.6 Å². The summed E-state index contributed by atoms with van der Waals surface area (Å²) in [5.74, 6) is 0.194. The van der Waals surface area contributed by atoms with Gasteiger partial charge in [0, 0.05) is 69.2 Å². The number of likely N-dealkylation sites (tertiary alicyclic amines) is 1. The Bertz CT molecular complexity index is 1330. The van der Waals surface area contributed by atoms with Gasteiger partial charge in [-0.15, -0.1) is 0 Å². The Morgan fingerprint density at radius 1 is 1.17 bits per heavy atom. The highest BCUT2D eigenvalue weighted by Crippen LogP contribution is 2.24. The average molecular weight is 501 g/mol. The number of ketones is 1. The molecule has 0 unspecified atom stereocenters. The molecule has 9 nitrogen and oxygen atoms in total. The van der Waals surface area contributed by atoms with Gasteiger partial charge >= 0.3 is 0 Å². The molecule has 3 aromatic rings. The summed E-state index contributed by atoms with van der Waals surface area (Å²) in [7, 11) is 0. The molecule has 11 heteroatoms. The zero-order chi connectivity index (χ0) is 24.5. The quantitative estimate of drug-likeness (QED) is 0.464. The summed E-state index contributed by atoms with van der Waals surface area (Å²) in [6.45, 7) is 2.99. The lowest BCUT2D eigenvalue weighted by Gasteiger charge is -2.18. The van der Waals surface area contributed by atoms with Crippen molar-refractivity contribution in [1.29, 1.82) is 0 Å².